The van der Waals surface area contributed by atoms with Gasteiger partial charge in [-0.2, -0.15) is 8.42 Å². The van der Waals surface area contributed by atoms with Gasteiger partial charge in [0.05, 0.1) is 33.6 Å². The number of nitrogens with zero attached hydrogens (tertiary/aromatic N) is 1. The fourth-order valence-corrected chi connectivity index (χ4v) is 6.58. The maximum atomic E-state index is 13.5. The van der Waals surface area contributed by atoms with Gasteiger partial charge >= 0.3 is 0 Å². The van der Waals surface area contributed by atoms with E-state index in [0.717, 1.165) is 11.1 Å². The number of halogens is 2. The van der Waals surface area contributed by atoms with E-state index in [4.69, 9.17) is 32.1 Å². The van der Waals surface area contributed by atoms with Crippen LogP contribution in [0.5, 0.6) is 5.75 Å². The minimum Gasteiger partial charge on any atom is -0.491 e. The Bertz CT molecular complexity index is 1410. The molecule has 6 nitrogen and oxygen atoms in total. The lowest BCUT2D eigenvalue weighted by atomic mass is 9.70. The lowest BCUT2D eigenvalue weighted by Crippen LogP contribution is -2.54. The molecule has 1 fully saturated rings. The molecule has 1 amide bonds. The predicted molar refractivity (Wildman–Crippen MR) is 154 cm³/mol. The summed E-state index contributed by atoms with van der Waals surface area (Å²) in [6.45, 7) is 6.48. The molecule has 0 aliphatic carbocycles. The summed E-state index contributed by atoms with van der Waals surface area (Å²) < 4.78 is 38.0. The topological polar surface area (TPSA) is 72.9 Å². The fraction of sp³-hybridized carbons (Fsp3) is 0.367. The van der Waals surface area contributed by atoms with Gasteiger partial charge in [0.2, 0.25) is 5.91 Å². The molecule has 3 aromatic rings. The summed E-state index contributed by atoms with van der Waals surface area (Å²) in [4.78, 5) is 15.4. The zero-order chi connectivity index (χ0) is 28.2. The van der Waals surface area contributed by atoms with E-state index < -0.39 is 21.6 Å². The number of ether oxygens (including phenoxy) is 1. The molecule has 2 unspecified atom stereocenters. The lowest BCUT2D eigenvalue weighted by molar-refractivity contribution is -0.133. The van der Waals surface area contributed by atoms with E-state index in [9.17, 15) is 13.2 Å². The summed E-state index contributed by atoms with van der Waals surface area (Å²) in [5, 5.41) is 0.755. The van der Waals surface area contributed by atoms with Gasteiger partial charge in [0, 0.05) is 18.5 Å². The van der Waals surface area contributed by atoms with E-state index in [1.165, 1.54) is 12.1 Å². The number of rotatable bonds is 9. The van der Waals surface area contributed by atoms with Gasteiger partial charge in [-0.15, -0.1) is 0 Å². The summed E-state index contributed by atoms with van der Waals surface area (Å²) >= 11 is 12.6. The molecular formula is C30H33Cl2NO5S. The highest BCUT2D eigenvalue weighted by Gasteiger charge is 2.45. The van der Waals surface area contributed by atoms with Crippen molar-refractivity contribution in [2.45, 2.75) is 62.6 Å². The summed E-state index contributed by atoms with van der Waals surface area (Å²) in [7, 11) is -4.05. The van der Waals surface area contributed by atoms with Crippen molar-refractivity contribution in [2.24, 2.45) is 0 Å². The third-order valence-corrected chi connectivity index (χ3v) is 9.21. The Morgan fingerprint density at radius 3 is 2.41 bits per heavy atom. The molecule has 1 heterocycles. The maximum Gasteiger partial charge on any atom is 0.297 e. The monoisotopic (exact) mass is 589 g/mol. The van der Waals surface area contributed by atoms with Crippen LogP contribution in [0.1, 0.15) is 44.7 Å². The van der Waals surface area contributed by atoms with Crippen molar-refractivity contribution in [3.63, 3.8) is 0 Å². The van der Waals surface area contributed by atoms with Crippen LogP contribution in [-0.2, 0) is 30.9 Å². The Morgan fingerprint density at radius 2 is 1.72 bits per heavy atom. The second-order valence-electron chi connectivity index (χ2n) is 10.2. The van der Waals surface area contributed by atoms with E-state index in [2.05, 4.69) is 0 Å². The highest BCUT2D eigenvalue weighted by molar-refractivity contribution is 7.86. The molecule has 0 saturated carbocycles. The van der Waals surface area contributed by atoms with Gasteiger partial charge in [-0.3, -0.25) is 8.98 Å². The molecule has 9 heteroatoms. The first-order valence-electron chi connectivity index (χ1n) is 13.0. The van der Waals surface area contributed by atoms with Crippen molar-refractivity contribution in [3.05, 3.63) is 94.0 Å². The maximum absolute atomic E-state index is 13.5. The first kappa shape index (κ1) is 29.4. The van der Waals surface area contributed by atoms with Gasteiger partial charge in [0.1, 0.15) is 5.75 Å². The lowest BCUT2D eigenvalue weighted by Gasteiger charge is -2.46. The second kappa shape index (κ2) is 12.3. The molecule has 0 N–H and O–H groups in total. The first-order valence-corrected chi connectivity index (χ1v) is 15.1. The van der Waals surface area contributed by atoms with Gasteiger partial charge in [-0.1, -0.05) is 59.6 Å². The number of likely N-dealkylation sites (tertiary alicyclic amines) is 1. The number of hydrogen-bond acceptors (Lipinski definition) is 5. The van der Waals surface area contributed by atoms with Crippen molar-refractivity contribution in [1.82, 2.24) is 4.90 Å². The van der Waals surface area contributed by atoms with Crippen LogP contribution in [0.3, 0.4) is 0 Å². The van der Waals surface area contributed by atoms with Crippen molar-refractivity contribution in [3.8, 4) is 5.75 Å². The highest BCUT2D eigenvalue weighted by atomic mass is 35.5. The van der Waals surface area contributed by atoms with Crippen LogP contribution in [0.2, 0.25) is 10.0 Å². The number of amides is 1. The van der Waals surface area contributed by atoms with Gasteiger partial charge in [0.25, 0.3) is 10.1 Å². The van der Waals surface area contributed by atoms with E-state index in [-0.39, 0.29) is 29.9 Å². The number of carbonyl (C=O) groups is 1. The molecule has 3 aromatic carbocycles. The van der Waals surface area contributed by atoms with Crippen LogP contribution < -0.4 is 4.74 Å². The molecule has 0 bridgehead atoms. The number of carbonyl (C=O) groups excluding carboxylic acids is 1. The average molecular weight is 591 g/mol. The van der Waals surface area contributed by atoms with E-state index in [0.29, 0.717) is 35.2 Å². The largest absolute Gasteiger partial charge is 0.491 e. The smallest absolute Gasteiger partial charge is 0.297 e. The molecule has 2 atom stereocenters. The summed E-state index contributed by atoms with van der Waals surface area (Å²) in [6, 6.07) is 20.9. The second-order valence-corrected chi connectivity index (χ2v) is 12.6. The van der Waals surface area contributed by atoms with Gasteiger partial charge in [-0.05, 0) is 81.1 Å². The Hall–Kier alpha value is -2.58. The minimum atomic E-state index is -4.05. The molecule has 1 saturated heterocycles. The van der Waals surface area contributed by atoms with E-state index in [1.807, 2.05) is 44.2 Å². The Balaban J connectivity index is 1.63. The van der Waals surface area contributed by atoms with Crippen LogP contribution in [0, 0.1) is 0 Å². The standard InChI is InChI=1S/C30H33Cl2NO5S/c1-21(2)37-25-10-7-9-23(17-25)18-29(34)33-16-8-15-30(20-33,24-13-14-27(31)28(32)19-24)22(3)38-39(35,36)26-11-5-4-6-12-26/h4-7,9-14,17,19,21-22H,8,15-16,18,20H2,1-3H3. The molecular weight excluding hydrogens is 557 g/mol. The van der Waals surface area contributed by atoms with Gasteiger partial charge in [0.15, 0.2) is 0 Å². The van der Waals surface area contributed by atoms with Crippen LogP contribution in [0.25, 0.3) is 0 Å². The SMILES string of the molecule is CC(C)Oc1cccc(CC(=O)N2CCCC(c3ccc(Cl)c(Cl)c3)(C(C)OS(=O)(=O)c3ccccc3)C2)c1. The highest BCUT2D eigenvalue weighted by Crippen LogP contribution is 2.42. The van der Waals surface area contributed by atoms with Crippen molar-refractivity contribution in [1.29, 1.82) is 0 Å². The van der Waals surface area contributed by atoms with Crippen LogP contribution in [0.15, 0.2) is 77.7 Å². The van der Waals surface area contributed by atoms with Crippen LogP contribution in [-0.4, -0.2) is 44.5 Å². The Labute approximate surface area is 241 Å². The molecule has 208 valence electrons. The summed E-state index contributed by atoms with van der Waals surface area (Å²) in [5.74, 6) is 0.659. The molecule has 0 aromatic heterocycles. The predicted octanol–water partition coefficient (Wildman–Crippen LogP) is 6.68. The third kappa shape index (κ3) is 6.95. The first-order chi connectivity index (χ1) is 18.5. The molecule has 1 aliphatic heterocycles. The summed E-state index contributed by atoms with van der Waals surface area (Å²) in [6.07, 6.45) is 0.709. The van der Waals surface area contributed by atoms with Crippen molar-refractivity contribution < 1.29 is 22.1 Å². The quantitative estimate of drug-likeness (QED) is 0.260. The fourth-order valence-electron chi connectivity index (χ4n) is 5.12. The van der Waals surface area contributed by atoms with Crippen molar-refractivity contribution in [2.75, 3.05) is 13.1 Å². The van der Waals surface area contributed by atoms with E-state index in [1.54, 1.807) is 42.2 Å². The molecule has 39 heavy (non-hydrogen) atoms. The number of hydrogen-bond donors (Lipinski definition) is 0. The van der Waals surface area contributed by atoms with Crippen LogP contribution in [0.4, 0.5) is 0 Å². The number of piperidine rings is 1. The van der Waals surface area contributed by atoms with Gasteiger partial charge in [-0.25, -0.2) is 0 Å². The molecule has 0 radical (unpaired) electrons. The van der Waals surface area contributed by atoms with Crippen LogP contribution >= 0.6 is 23.2 Å². The number of benzene rings is 3. The zero-order valence-electron chi connectivity index (χ0n) is 22.3. The summed E-state index contributed by atoms with van der Waals surface area (Å²) in [5.41, 5.74) is 0.796. The Morgan fingerprint density at radius 1 is 0.974 bits per heavy atom. The normalized spacial score (nSPS) is 18.7. The molecule has 4 rings (SSSR count). The Kier molecular flexibility index (Phi) is 9.27. The van der Waals surface area contributed by atoms with Gasteiger partial charge < -0.3 is 9.64 Å². The third-order valence-electron chi connectivity index (χ3n) is 7.08. The molecule has 1 aliphatic rings. The average Bonchev–Trinajstić information content (AvgIpc) is 2.90. The molecule has 0 spiro atoms. The zero-order valence-corrected chi connectivity index (χ0v) is 24.6. The van der Waals surface area contributed by atoms with Crippen molar-refractivity contribution >= 4 is 39.2 Å². The minimum absolute atomic E-state index is 0.0264. The van der Waals surface area contributed by atoms with E-state index >= 15 is 0 Å².